The van der Waals surface area contributed by atoms with Crippen LogP contribution in [-0.2, 0) is 9.53 Å². The molecule has 1 fully saturated rings. The second-order valence-corrected chi connectivity index (χ2v) is 8.66. The zero-order valence-corrected chi connectivity index (χ0v) is 16.9. The molecule has 0 aromatic heterocycles. The van der Waals surface area contributed by atoms with Crippen LogP contribution in [0.25, 0.3) is 0 Å². The number of esters is 1. The van der Waals surface area contributed by atoms with Crippen LogP contribution in [0.1, 0.15) is 60.7 Å². The van der Waals surface area contributed by atoms with Crippen molar-refractivity contribution in [2.45, 2.75) is 46.1 Å². The monoisotopic (exact) mass is 421 g/mol. The fourth-order valence-electron chi connectivity index (χ4n) is 3.99. The molecule has 3 atom stereocenters. The number of carbonyl (C=O) groups is 3. The smallest absolute Gasteiger partial charge is 0.326 e. The lowest BCUT2D eigenvalue weighted by Crippen LogP contribution is -2.40. The fourth-order valence-corrected chi connectivity index (χ4v) is 4.35. The van der Waals surface area contributed by atoms with E-state index in [0.29, 0.717) is 28.9 Å². The first kappa shape index (κ1) is 19.1. The van der Waals surface area contributed by atoms with E-state index in [9.17, 15) is 14.4 Å². The van der Waals surface area contributed by atoms with Crippen LogP contribution < -0.4 is 0 Å². The van der Waals surface area contributed by atoms with Crippen LogP contribution in [0.3, 0.4) is 0 Å². The molecule has 0 spiro atoms. The molecule has 1 aromatic carbocycles. The Balaban J connectivity index is 1.68. The number of benzene rings is 1. The molecule has 2 aliphatic rings. The SMILES string of the molecule is CC(C)[C@@H]1CC[C@@H](C)C[C@@H]1OC(=O)CN1C(=O)c2ccc(Br)cc2C1=O. The maximum Gasteiger partial charge on any atom is 0.326 e. The fraction of sp³-hybridized carbons (Fsp3) is 0.550. The maximum absolute atomic E-state index is 12.5. The van der Waals surface area contributed by atoms with Gasteiger partial charge in [0.1, 0.15) is 12.6 Å². The predicted octanol–water partition coefficient (Wildman–Crippen LogP) is 4.05. The van der Waals surface area contributed by atoms with Crippen LogP contribution >= 0.6 is 15.9 Å². The highest BCUT2D eigenvalue weighted by molar-refractivity contribution is 9.10. The summed E-state index contributed by atoms with van der Waals surface area (Å²) < 4.78 is 6.44. The highest BCUT2D eigenvalue weighted by Gasteiger charge is 2.39. The number of imide groups is 1. The number of nitrogens with zero attached hydrogens (tertiary/aromatic N) is 1. The van der Waals surface area contributed by atoms with Crippen LogP contribution in [0, 0.1) is 17.8 Å². The van der Waals surface area contributed by atoms with Crippen molar-refractivity contribution < 1.29 is 19.1 Å². The van der Waals surface area contributed by atoms with Gasteiger partial charge in [-0.25, -0.2) is 0 Å². The molecular weight excluding hydrogens is 398 g/mol. The Morgan fingerprint density at radius 1 is 1.23 bits per heavy atom. The summed E-state index contributed by atoms with van der Waals surface area (Å²) >= 11 is 3.30. The van der Waals surface area contributed by atoms with Gasteiger partial charge in [0.2, 0.25) is 0 Å². The zero-order valence-electron chi connectivity index (χ0n) is 15.3. The number of halogens is 1. The lowest BCUT2D eigenvalue weighted by Gasteiger charge is -2.36. The van der Waals surface area contributed by atoms with E-state index >= 15 is 0 Å². The molecule has 6 heteroatoms. The van der Waals surface area contributed by atoms with E-state index in [1.807, 2.05) is 0 Å². The van der Waals surface area contributed by atoms with E-state index < -0.39 is 17.8 Å². The Bertz CT molecular complexity index is 745. The Kier molecular flexibility index (Phi) is 5.51. The van der Waals surface area contributed by atoms with E-state index in [1.54, 1.807) is 18.2 Å². The molecule has 0 bridgehead atoms. The van der Waals surface area contributed by atoms with Gasteiger partial charge in [0, 0.05) is 4.47 Å². The summed E-state index contributed by atoms with van der Waals surface area (Å²) in [4.78, 5) is 38.4. The standard InChI is InChI=1S/C20H24BrNO4/c1-11(2)14-6-4-12(3)8-17(14)26-18(23)10-22-19(24)15-7-5-13(21)9-16(15)20(22)25/h5,7,9,11-12,14,17H,4,6,8,10H2,1-3H3/t12-,14+,17+/m1/s1. The van der Waals surface area contributed by atoms with E-state index in [4.69, 9.17) is 4.74 Å². The van der Waals surface area contributed by atoms with Crippen molar-refractivity contribution in [1.29, 1.82) is 0 Å². The molecule has 1 aromatic rings. The predicted molar refractivity (Wildman–Crippen MR) is 101 cm³/mol. The molecule has 0 unspecified atom stereocenters. The van der Waals surface area contributed by atoms with Gasteiger partial charge in [0.05, 0.1) is 11.1 Å². The number of rotatable bonds is 4. The van der Waals surface area contributed by atoms with Gasteiger partial charge in [-0.05, 0) is 48.8 Å². The second-order valence-electron chi connectivity index (χ2n) is 7.74. The number of fused-ring (bicyclic) bond motifs is 1. The van der Waals surface area contributed by atoms with Gasteiger partial charge in [0.15, 0.2) is 0 Å². The molecule has 3 rings (SSSR count). The average Bonchev–Trinajstić information content (AvgIpc) is 2.79. The molecule has 0 radical (unpaired) electrons. The lowest BCUT2D eigenvalue weighted by molar-refractivity contribution is -0.156. The molecule has 1 heterocycles. The van der Waals surface area contributed by atoms with Crippen LogP contribution in [0.2, 0.25) is 0 Å². The molecule has 1 saturated carbocycles. The summed E-state index contributed by atoms with van der Waals surface area (Å²) in [5.41, 5.74) is 0.654. The molecular formula is C20H24BrNO4. The Hall–Kier alpha value is -1.69. The number of carbonyl (C=O) groups excluding carboxylic acids is 3. The summed E-state index contributed by atoms with van der Waals surface area (Å²) in [5, 5.41) is 0. The largest absolute Gasteiger partial charge is 0.461 e. The summed E-state index contributed by atoms with van der Waals surface area (Å²) in [6, 6.07) is 4.92. The van der Waals surface area contributed by atoms with Gasteiger partial charge in [-0.3, -0.25) is 19.3 Å². The summed E-state index contributed by atoms with van der Waals surface area (Å²) in [5.74, 6) is -0.124. The summed E-state index contributed by atoms with van der Waals surface area (Å²) in [6.07, 6.45) is 2.88. The van der Waals surface area contributed by atoms with Crippen molar-refractivity contribution in [3.63, 3.8) is 0 Å². The highest BCUT2D eigenvalue weighted by Crippen LogP contribution is 2.35. The number of amides is 2. The molecule has 1 aliphatic carbocycles. The number of ether oxygens (including phenoxy) is 1. The minimum Gasteiger partial charge on any atom is -0.461 e. The van der Waals surface area contributed by atoms with Gasteiger partial charge in [-0.15, -0.1) is 0 Å². The van der Waals surface area contributed by atoms with Gasteiger partial charge in [-0.1, -0.05) is 43.1 Å². The van der Waals surface area contributed by atoms with Crippen LogP contribution in [-0.4, -0.2) is 35.3 Å². The van der Waals surface area contributed by atoms with E-state index in [-0.39, 0.29) is 12.6 Å². The molecule has 2 amide bonds. The third-order valence-electron chi connectivity index (χ3n) is 5.46. The first-order valence-corrected chi connectivity index (χ1v) is 9.92. The van der Waals surface area contributed by atoms with Crippen molar-refractivity contribution in [1.82, 2.24) is 4.90 Å². The molecule has 0 N–H and O–H groups in total. The van der Waals surface area contributed by atoms with Crippen molar-refractivity contribution in [3.8, 4) is 0 Å². The van der Waals surface area contributed by atoms with Crippen LogP contribution in [0.4, 0.5) is 0 Å². The average molecular weight is 422 g/mol. The topological polar surface area (TPSA) is 63.7 Å². The third kappa shape index (κ3) is 3.70. The molecule has 1 aliphatic heterocycles. The van der Waals surface area contributed by atoms with E-state index in [0.717, 1.165) is 28.6 Å². The van der Waals surface area contributed by atoms with Crippen molar-refractivity contribution in [2.24, 2.45) is 17.8 Å². The second kappa shape index (κ2) is 7.51. The molecule has 5 nitrogen and oxygen atoms in total. The number of hydrogen-bond acceptors (Lipinski definition) is 4. The van der Waals surface area contributed by atoms with Gasteiger partial charge >= 0.3 is 5.97 Å². The van der Waals surface area contributed by atoms with Crippen LogP contribution in [0.15, 0.2) is 22.7 Å². The maximum atomic E-state index is 12.5. The van der Waals surface area contributed by atoms with Gasteiger partial charge in [-0.2, -0.15) is 0 Å². The quantitative estimate of drug-likeness (QED) is 0.543. The molecule has 0 saturated heterocycles. The normalized spacial score (nSPS) is 25.6. The van der Waals surface area contributed by atoms with Crippen molar-refractivity contribution in [3.05, 3.63) is 33.8 Å². The molecule has 140 valence electrons. The molecule has 26 heavy (non-hydrogen) atoms. The Morgan fingerprint density at radius 3 is 2.62 bits per heavy atom. The third-order valence-corrected chi connectivity index (χ3v) is 5.96. The highest BCUT2D eigenvalue weighted by atomic mass is 79.9. The first-order chi connectivity index (χ1) is 12.3. The summed E-state index contributed by atoms with van der Waals surface area (Å²) in [7, 11) is 0. The van der Waals surface area contributed by atoms with Crippen LogP contribution in [0.5, 0.6) is 0 Å². The van der Waals surface area contributed by atoms with Crippen molar-refractivity contribution >= 4 is 33.7 Å². The zero-order chi connectivity index (χ0) is 19.0. The Labute approximate surface area is 162 Å². The summed E-state index contributed by atoms with van der Waals surface area (Å²) in [6.45, 7) is 6.12. The number of hydrogen-bond donors (Lipinski definition) is 0. The van der Waals surface area contributed by atoms with Gasteiger partial charge in [0.25, 0.3) is 11.8 Å². The van der Waals surface area contributed by atoms with Gasteiger partial charge < -0.3 is 4.74 Å². The minimum atomic E-state index is -0.511. The van der Waals surface area contributed by atoms with E-state index in [2.05, 4.69) is 36.7 Å². The lowest BCUT2D eigenvalue weighted by atomic mass is 9.75. The first-order valence-electron chi connectivity index (χ1n) is 9.13. The van der Waals surface area contributed by atoms with E-state index in [1.165, 1.54) is 0 Å². The van der Waals surface area contributed by atoms with Crippen molar-refractivity contribution in [2.75, 3.05) is 6.54 Å². The minimum absolute atomic E-state index is 0.143. The Morgan fingerprint density at radius 2 is 1.92 bits per heavy atom.